The second-order valence-corrected chi connectivity index (χ2v) is 4.68. The van der Waals surface area contributed by atoms with Gasteiger partial charge in [0.25, 0.3) is 0 Å². The van der Waals surface area contributed by atoms with Crippen molar-refractivity contribution in [1.82, 2.24) is 0 Å². The SMILES string of the molecule is O=C(O)c1cc(CSCc2ccco2)ccc1F. The van der Waals surface area contributed by atoms with Crippen LogP contribution < -0.4 is 0 Å². The maximum atomic E-state index is 13.2. The number of hydrogen-bond acceptors (Lipinski definition) is 3. The lowest BCUT2D eigenvalue weighted by Gasteiger charge is -2.03. The molecule has 1 aromatic carbocycles. The van der Waals surface area contributed by atoms with Gasteiger partial charge in [-0.05, 0) is 29.8 Å². The Morgan fingerprint density at radius 2 is 2.17 bits per heavy atom. The molecule has 0 fully saturated rings. The van der Waals surface area contributed by atoms with Gasteiger partial charge in [-0.2, -0.15) is 0 Å². The molecule has 0 unspecified atom stereocenters. The molecule has 1 aromatic heterocycles. The Bertz CT molecular complexity index is 537. The minimum Gasteiger partial charge on any atom is -0.478 e. The summed E-state index contributed by atoms with van der Waals surface area (Å²) in [6, 6.07) is 7.84. The Morgan fingerprint density at radius 3 is 2.83 bits per heavy atom. The molecule has 1 heterocycles. The molecular weight excluding hydrogens is 255 g/mol. The zero-order chi connectivity index (χ0) is 13.0. The lowest BCUT2D eigenvalue weighted by atomic mass is 10.1. The number of carbonyl (C=O) groups is 1. The summed E-state index contributed by atoms with van der Waals surface area (Å²) in [5, 5.41) is 8.80. The van der Waals surface area contributed by atoms with Crippen LogP contribution in [0.4, 0.5) is 4.39 Å². The fraction of sp³-hybridized carbons (Fsp3) is 0.154. The molecule has 0 aliphatic rings. The molecule has 0 radical (unpaired) electrons. The van der Waals surface area contributed by atoms with E-state index in [1.165, 1.54) is 12.1 Å². The second-order valence-electron chi connectivity index (χ2n) is 3.69. The van der Waals surface area contributed by atoms with E-state index in [0.717, 1.165) is 11.3 Å². The minimum absolute atomic E-state index is 0.286. The largest absolute Gasteiger partial charge is 0.478 e. The fourth-order valence-electron chi connectivity index (χ4n) is 1.49. The van der Waals surface area contributed by atoms with Crippen molar-refractivity contribution in [3.05, 3.63) is 59.3 Å². The van der Waals surface area contributed by atoms with E-state index in [2.05, 4.69) is 0 Å². The van der Waals surface area contributed by atoms with Crippen molar-refractivity contribution < 1.29 is 18.7 Å². The zero-order valence-electron chi connectivity index (χ0n) is 9.43. The molecule has 0 atom stereocenters. The molecular formula is C13H11FO3S. The molecule has 5 heteroatoms. The van der Waals surface area contributed by atoms with Crippen molar-refractivity contribution in [2.75, 3.05) is 0 Å². The van der Waals surface area contributed by atoms with Gasteiger partial charge in [-0.1, -0.05) is 6.07 Å². The summed E-state index contributed by atoms with van der Waals surface area (Å²) in [5.41, 5.74) is 0.497. The van der Waals surface area contributed by atoms with Crippen LogP contribution in [-0.2, 0) is 11.5 Å². The van der Waals surface area contributed by atoms with Gasteiger partial charge in [0.2, 0.25) is 0 Å². The second kappa shape index (κ2) is 5.73. The molecule has 0 saturated heterocycles. The van der Waals surface area contributed by atoms with E-state index in [9.17, 15) is 9.18 Å². The van der Waals surface area contributed by atoms with Crippen LogP contribution >= 0.6 is 11.8 Å². The summed E-state index contributed by atoms with van der Waals surface area (Å²) < 4.78 is 18.3. The van der Waals surface area contributed by atoms with Crippen molar-refractivity contribution in [2.24, 2.45) is 0 Å². The molecule has 2 aromatic rings. The lowest BCUT2D eigenvalue weighted by molar-refractivity contribution is 0.0692. The van der Waals surface area contributed by atoms with E-state index in [1.807, 2.05) is 12.1 Å². The lowest BCUT2D eigenvalue weighted by Crippen LogP contribution is -2.01. The van der Waals surface area contributed by atoms with Crippen LogP contribution in [0.2, 0.25) is 0 Å². The van der Waals surface area contributed by atoms with Crippen molar-refractivity contribution in [2.45, 2.75) is 11.5 Å². The van der Waals surface area contributed by atoms with Gasteiger partial charge < -0.3 is 9.52 Å². The topological polar surface area (TPSA) is 50.4 Å². The number of carboxylic acids is 1. The molecule has 0 saturated carbocycles. The third-order valence-electron chi connectivity index (χ3n) is 2.35. The Hall–Kier alpha value is -1.75. The number of aromatic carboxylic acids is 1. The first-order valence-electron chi connectivity index (χ1n) is 5.28. The first-order chi connectivity index (χ1) is 8.66. The number of carboxylic acid groups (broad SMARTS) is 1. The van der Waals surface area contributed by atoms with Crippen molar-refractivity contribution in [3.8, 4) is 0 Å². The third kappa shape index (κ3) is 3.13. The predicted molar refractivity (Wildman–Crippen MR) is 67.1 cm³/mol. The first kappa shape index (κ1) is 12.7. The molecule has 94 valence electrons. The normalized spacial score (nSPS) is 10.5. The average Bonchev–Trinajstić information content (AvgIpc) is 2.84. The molecule has 1 N–H and O–H groups in total. The molecule has 0 amide bonds. The standard InChI is InChI=1S/C13H11FO3S/c14-12-4-3-9(6-11(12)13(15)16)7-18-8-10-2-1-5-17-10/h1-6H,7-8H2,(H,15,16). The Morgan fingerprint density at radius 1 is 1.33 bits per heavy atom. The number of rotatable bonds is 5. The number of furan rings is 1. The predicted octanol–water partition coefficient (Wildman–Crippen LogP) is 3.55. The van der Waals surface area contributed by atoms with Crippen LogP contribution in [0.5, 0.6) is 0 Å². The van der Waals surface area contributed by atoms with Crippen LogP contribution in [0.15, 0.2) is 41.0 Å². The van der Waals surface area contributed by atoms with Gasteiger partial charge in [-0.15, -0.1) is 11.8 Å². The summed E-state index contributed by atoms with van der Waals surface area (Å²) in [6.45, 7) is 0. The van der Waals surface area contributed by atoms with Gasteiger partial charge in [-0.3, -0.25) is 0 Å². The highest BCUT2D eigenvalue weighted by Gasteiger charge is 2.10. The summed E-state index contributed by atoms with van der Waals surface area (Å²) in [5.74, 6) is 0.224. The summed E-state index contributed by atoms with van der Waals surface area (Å²) in [7, 11) is 0. The maximum absolute atomic E-state index is 13.2. The Kier molecular flexibility index (Phi) is 4.04. The fourth-order valence-corrected chi connectivity index (χ4v) is 2.37. The molecule has 18 heavy (non-hydrogen) atoms. The monoisotopic (exact) mass is 266 g/mol. The number of hydrogen-bond donors (Lipinski definition) is 1. The van der Waals surface area contributed by atoms with Crippen LogP contribution in [0.1, 0.15) is 21.7 Å². The molecule has 3 nitrogen and oxygen atoms in total. The third-order valence-corrected chi connectivity index (χ3v) is 3.38. The first-order valence-corrected chi connectivity index (χ1v) is 6.44. The summed E-state index contributed by atoms with van der Waals surface area (Å²) in [4.78, 5) is 10.8. The van der Waals surface area contributed by atoms with Gasteiger partial charge >= 0.3 is 5.97 Å². The molecule has 0 bridgehead atoms. The summed E-state index contributed by atoms with van der Waals surface area (Å²) in [6.07, 6.45) is 1.61. The van der Waals surface area contributed by atoms with Crippen LogP contribution in [0.3, 0.4) is 0 Å². The minimum atomic E-state index is -1.25. The molecule has 0 aliphatic heterocycles. The highest BCUT2D eigenvalue weighted by molar-refractivity contribution is 7.97. The van der Waals surface area contributed by atoms with Gasteiger partial charge in [-0.25, -0.2) is 9.18 Å². The van der Waals surface area contributed by atoms with Crippen molar-refractivity contribution >= 4 is 17.7 Å². The van der Waals surface area contributed by atoms with Gasteiger partial charge in [0.15, 0.2) is 0 Å². The summed E-state index contributed by atoms with van der Waals surface area (Å²) >= 11 is 1.58. The van der Waals surface area contributed by atoms with E-state index in [0.29, 0.717) is 11.5 Å². The quantitative estimate of drug-likeness (QED) is 0.899. The van der Waals surface area contributed by atoms with Gasteiger partial charge in [0.1, 0.15) is 11.6 Å². The van der Waals surface area contributed by atoms with Crippen molar-refractivity contribution in [3.63, 3.8) is 0 Å². The number of benzene rings is 1. The van der Waals surface area contributed by atoms with E-state index in [4.69, 9.17) is 9.52 Å². The Labute approximate surface area is 108 Å². The van der Waals surface area contributed by atoms with E-state index in [-0.39, 0.29) is 5.56 Å². The van der Waals surface area contributed by atoms with Crippen LogP contribution in [-0.4, -0.2) is 11.1 Å². The highest BCUT2D eigenvalue weighted by Crippen LogP contribution is 2.20. The molecule has 2 rings (SSSR count). The zero-order valence-corrected chi connectivity index (χ0v) is 10.2. The smallest absolute Gasteiger partial charge is 0.338 e. The van der Waals surface area contributed by atoms with Crippen LogP contribution in [0.25, 0.3) is 0 Å². The molecule has 0 spiro atoms. The van der Waals surface area contributed by atoms with E-state index in [1.54, 1.807) is 24.1 Å². The van der Waals surface area contributed by atoms with Gasteiger partial charge in [0, 0.05) is 5.75 Å². The van der Waals surface area contributed by atoms with E-state index < -0.39 is 11.8 Å². The average molecular weight is 266 g/mol. The number of halogens is 1. The van der Waals surface area contributed by atoms with Gasteiger partial charge in [0.05, 0.1) is 17.6 Å². The highest BCUT2D eigenvalue weighted by atomic mass is 32.2. The van der Waals surface area contributed by atoms with Crippen LogP contribution in [0, 0.1) is 5.82 Å². The van der Waals surface area contributed by atoms with E-state index >= 15 is 0 Å². The maximum Gasteiger partial charge on any atom is 0.338 e. The Balaban J connectivity index is 1.97. The molecule has 0 aliphatic carbocycles. The number of thioether (sulfide) groups is 1. The van der Waals surface area contributed by atoms with Crippen molar-refractivity contribution in [1.29, 1.82) is 0 Å².